The molecule has 1 amide bonds. The number of benzene rings is 2. The summed E-state index contributed by atoms with van der Waals surface area (Å²) in [5.41, 5.74) is 1.20. The molecule has 0 spiro atoms. The van der Waals surface area contributed by atoms with Crippen molar-refractivity contribution in [3.05, 3.63) is 95.9 Å². The molecule has 3 aromatic rings. The highest BCUT2D eigenvalue weighted by molar-refractivity contribution is 6.01. The zero-order valence-corrected chi connectivity index (χ0v) is 32.8. The number of nitrogens with one attached hydrogen (secondary N) is 1. The highest BCUT2D eigenvalue weighted by Crippen LogP contribution is 2.66. The van der Waals surface area contributed by atoms with Crippen LogP contribution in [0.4, 0.5) is 10.1 Å². The standard InChI is InChI=1S/C45H50FN3O8/c1-44-17-15-31(50)20-35(44)36(46)21-32-33-11-12-34(45(33,2)22-37(51)41(32)44)38(52)25-57-40(54)14-13-39(53)56-24-26-5-7-27(8-6-26)42(49(3)4)43(55)48-30-10-9-29-23-47-18-16-28(29)19-30/h5-10,15-20,23,32-34,36-37,41-42,51H,11-14,21-22,24-25H2,1-4H3,(H,48,55)/t32-,33?,34+,36-,37-,41?,42?,44-,45-/m0/s1. The fourth-order valence-electron chi connectivity index (χ4n) is 10.5. The molecule has 0 aliphatic heterocycles. The average molecular weight is 780 g/mol. The lowest BCUT2D eigenvalue weighted by molar-refractivity contribution is -0.156. The normalized spacial score (nSPS) is 29.5. The molecule has 300 valence electrons. The maximum Gasteiger partial charge on any atom is 0.306 e. The number of carbonyl (C=O) groups excluding carboxylic acids is 5. The number of aliphatic hydroxyl groups excluding tert-OH is 1. The van der Waals surface area contributed by atoms with E-state index in [1.54, 1.807) is 30.6 Å². The van der Waals surface area contributed by atoms with Crippen molar-refractivity contribution in [2.24, 2.45) is 34.5 Å². The highest BCUT2D eigenvalue weighted by atomic mass is 19.1. The quantitative estimate of drug-likeness (QED) is 0.202. The number of hydrogen-bond acceptors (Lipinski definition) is 10. The molecule has 4 aliphatic carbocycles. The van der Waals surface area contributed by atoms with E-state index in [1.807, 2.05) is 69.2 Å². The fraction of sp³-hybridized carbons (Fsp3) is 0.467. The van der Waals surface area contributed by atoms with Crippen LogP contribution < -0.4 is 5.32 Å². The molecular weight excluding hydrogens is 730 g/mol. The lowest BCUT2D eigenvalue weighted by Gasteiger charge is -2.59. The van der Waals surface area contributed by atoms with Crippen LogP contribution in [0.1, 0.15) is 69.5 Å². The van der Waals surface area contributed by atoms with Crippen molar-refractivity contribution in [2.45, 2.75) is 77.3 Å². The monoisotopic (exact) mass is 779 g/mol. The number of Topliss-reactive ketones (excluding diaryl/α,β-unsaturated/α-hetero) is 1. The molecule has 9 atom stereocenters. The number of allylic oxidation sites excluding steroid dienone is 4. The molecule has 7 rings (SSSR count). The summed E-state index contributed by atoms with van der Waals surface area (Å²) in [7, 11) is 3.64. The number of rotatable bonds is 12. The van der Waals surface area contributed by atoms with E-state index in [1.165, 1.54) is 12.2 Å². The third kappa shape index (κ3) is 7.94. The molecule has 0 bridgehead atoms. The van der Waals surface area contributed by atoms with E-state index >= 15 is 4.39 Å². The second kappa shape index (κ2) is 16.1. The number of alkyl halides is 1. The summed E-state index contributed by atoms with van der Waals surface area (Å²) in [6.45, 7) is 3.42. The maximum absolute atomic E-state index is 15.6. The van der Waals surface area contributed by atoms with Crippen LogP contribution in [0.5, 0.6) is 0 Å². The number of hydrogen-bond donors (Lipinski definition) is 2. The number of anilines is 1. The predicted octanol–water partition coefficient (Wildman–Crippen LogP) is 6.25. The summed E-state index contributed by atoms with van der Waals surface area (Å²) in [5, 5.41) is 16.5. The van der Waals surface area contributed by atoms with Crippen molar-refractivity contribution in [3.8, 4) is 0 Å². The summed E-state index contributed by atoms with van der Waals surface area (Å²) in [4.78, 5) is 70.0. The van der Waals surface area contributed by atoms with Gasteiger partial charge in [-0.25, -0.2) is 4.39 Å². The Labute approximate surface area is 331 Å². The van der Waals surface area contributed by atoms with E-state index in [2.05, 4.69) is 10.3 Å². The number of pyridine rings is 1. The lowest BCUT2D eigenvalue weighted by atomic mass is 9.46. The molecule has 4 aliphatic rings. The minimum absolute atomic E-state index is 0.00240. The van der Waals surface area contributed by atoms with Crippen LogP contribution >= 0.6 is 0 Å². The lowest BCUT2D eigenvalue weighted by Crippen LogP contribution is -2.58. The van der Waals surface area contributed by atoms with Gasteiger partial charge >= 0.3 is 11.9 Å². The van der Waals surface area contributed by atoms with Gasteiger partial charge in [0.2, 0.25) is 5.91 Å². The second-order valence-corrected chi connectivity index (χ2v) is 16.8. The number of nitrogens with zero attached hydrogens (tertiary/aromatic N) is 2. The molecule has 1 aromatic heterocycles. The van der Waals surface area contributed by atoms with Gasteiger partial charge in [-0.3, -0.25) is 33.9 Å². The van der Waals surface area contributed by atoms with Crippen molar-refractivity contribution in [1.29, 1.82) is 0 Å². The fourth-order valence-corrected chi connectivity index (χ4v) is 10.5. The Balaban J connectivity index is 0.865. The Morgan fingerprint density at radius 1 is 1.00 bits per heavy atom. The Hall–Kier alpha value is -5.07. The van der Waals surface area contributed by atoms with Crippen LogP contribution in [-0.2, 0) is 40.1 Å². The van der Waals surface area contributed by atoms with Crippen LogP contribution in [0.2, 0.25) is 0 Å². The van der Waals surface area contributed by atoms with E-state index in [0.717, 1.165) is 16.3 Å². The van der Waals surface area contributed by atoms with Crippen molar-refractivity contribution < 1.29 is 42.9 Å². The molecule has 1 heterocycles. The molecular formula is C45H50FN3O8. The summed E-state index contributed by atoms with van der Waals surface area (Å²) in [6.07, 6.45) is 7.29. The molecule has 12 heteroatoms. The average Bonchev–Trinajstić information content (AvgIpc) is 3.52. The first-order valence-corrected chi connectivity index (χ1v) is 19.7. The largest absolute Gasteiger partial charge is 0.461 e. The highest BCUT2D eigenvalue weighted by Gasteiger charge is 2.64. The van der Waals surface area contributed by atoms with Gasteiger partial charge in [-0.1, -0.05) is 50.3 Å². The second-order valence-electron chi connectivity index (χ2n) is 16.8. The van der Waals surface area contributed by atoms with Gasteiger partial charge in [0.1, 0.15) is 25.4 Å². The number of ether oxygens (including phenoxy) is 2. The molecule has 11 nitrogen and oxygen atoms in total. The van der Waals surface area contributed by atoms with E-state index in [9.17, 15) is 29.1 Å². The number of esters is 2. The number of aromatic nitrogens is 1. The third-order valence-electron chi connectivity index (χ3n) is 13.1. The Kier molecular flexibility index (Phi) is 11.3. The molecule has 3 unspecified atom stereocenters. The Morgan fingerprint density at radius 2 is 1.74 bits per heavy atom. The van der Waals surface area contributed by atoms with Crippen LogP contribution in [0.15, 0.2) is 84.7 Å². The van der Waals surface area contributed by atoms with Crippen LogP contribution in [0, 0.1) is 34.5 Å². The smallest absolute Gasteiger partial charge is 0.306 e. The summed E-state index contributed by atoms with van der Waals surface area (Å²) >= 11 is 0. The van der Waals surface area contributed by atoms with Gasteiger partial charge in [-0.05, 0) is 109 Å². The summed E-state index contributed by atoms with van der Waals surface area (Å²) in [6, 6.07) is 14.1. The minimum Gasteiger partial charge on any atom is -0.461 e. The van der Waals surface area contributed by atoms with Crippen LogP contribution in [0.3, 0.4) is 0 Å². The van der Waals surface area contributed by atoms with Gasteiger partial charge < -0.3 is 19.9 Å². The van der Waals surface area contributed by atoms with E-state index in [4.69, 9.17) is 9.47 Å². The summed E-state index contributed by atoms with van der Waals surface area (Å²) < 4.78 is 26.3. The van der Waals surface area contributed by atoms with Crippen molar-refractivity contribution in [1.82, 2.24) is 9.88 Å². The first kappa shape index (κ1) is 40.1. The minimum atomic E-state index is -1.30. The van der Waals surface area contributed by atoms with Gasteiger partial charge in [0.05, 0.1) is 18.9 Å². The van der Waals surface area contributed by atoms with Gasteiger partial charge in [-0.2, -0.15) is 0 Å². The van der Waals surface area contributed by atoms with Crippen LogP contribution in [0.25, 0.3) is 10.8 Å². The first-order chi connectivity index (χ1) is 27.2. The molecule has 2 N–H and O–H groups in total. The Bertz CT molecular complexity index is 2130. The first-order valence-electron chi connectivity index (χ1n) is 19.7. The summed E-state index contributed by atoms with van der Waals surface area (Å²) in [5.74, 6) is -2.87. The maximum atomic E-state index is 15.6. The van der Waals surface area contributed by atoms with E-state index in [0.29, 0.717) is 36.1 Å². The Morgan fingerprint density at radius 3 is 2.47 bits per heavy atom. The van der Waals surface area contributed by atoms with Crippen molar-refractivity contribution >= 4 is 45.9 Å². The number of fused-ring (bicyclic) bond motifs is 6. The van der Waals surface area contributed by atoms with Gasteiger partial charge in [-0.15, -0.1) is 0 Å². The number of likely N-dealkylation sites (N-methyl/N-ethyl adjacent to an activating group) is 1. The molecule has 2 aromatic carbocycles. The number of carbonyl (C=O) groups is 5. The molecule has 0 saturated heterocycles. The van der Waals surface area contributed by atoms with Gasteiger partial charge in [0.25, 0.3) is 0 Å². The predicted molar refractivity (Wildman–Crippen MR) is 210 cm³/mol. The van der Waals surface area contributed by atoms with Crippen molar-refractivity contribution in [3.63, 3.8) is 0 Å². The number of aliphatic hydroxyl groups is 1. The van der Waals surface area contributed by atoms with Gasteiger partial charge in [0.15, 0.2) is 11.6 Å². The topological polar surface area (TPSA) is 152 Å². The number of halogens is 1. The van der Waals surface area contributed by atoms with Gasteiger partial charge in [0, 0.05) is 40.7 Å². The molecule has 0 radical (unpaired) electrons. The van der Waals surface area contributed by atoms with Crippen LogP contribution in [-0.4, -0.2) is 77.4 Å². The SMILES string of the molecule is CN(C)C(C(=O)Nc1ccc2cnccc2c1)c1ccc(COC(=O)CCC(=O)OCC(=O)[C@H]2CCC3[C@@H]4C[C@H](F)C5=CC(=O)C=C[C@]5(C)C4[C@@H](O)C[C@@]32C)cc1. The molecule has 57 heavy (non-hydrogen) atoms. The number of amides is 1. The third-order valence-corrected chi connectivity index (χ3v) is 13.1. The van der Waals surface area contributed by atoms with Crippen molar-refractivity contribution in [2.75, 3.05) is 26.0 Å². The van der Waals surface area contributed by atoms with E-state index in [-0.39, 0.29) is 61.1 Å². The number of ketones is 2. The van der Waals surface area contributed by atoms with E-state index < -0.39 is 53.6 Å². The zero-order valence-electron chi connectivity index (χ0n) is 32.8. The molecule has 3 saturated carbocycles. The molecule has 3 fully saturated rings. The zero-order chi connectivity index (χ0) is 40.6.